The highest BCUT2D eigenvalue weighted by Crippen LogP contribution is 2.33. The van der Waals surface area contributed by atoms with Crippen LogP contribution < -0.4 is 53.6 Å². The molecular weight excluding hydrogens is 1230 g/mol. The summed E-state index contributed by atoms with van der Waals surface area (Å²) < 4.78 is 32.4. The van der Waals surface area contributed by atoms with Crippen LogP contribution in [0.3, 0.4) is 0 Å². The summed E-state index contributed by atoms with van der Waals surface area (Å²) in [5, 5.41) is 45.8. The molecular formula is C63H80FN15O13S. The second kappa shape index (κ2) is 34.1. The minimum absolute atomic E-state index is 0.0139. The maximum atomic E-state index is 15.0. The fourth-order valence-electron chi connectivity index (χ4n) is 11.4. The van der Waals surface area contributed by atoms with E-state index >= 15 is 4.79 Å². The molecule has 3 aliphatic rings. The molecule has 6 aromatic rings. The number of nitrogens with one attached hydrogen (secondary N) is 11. The second-order valence-electron chi connectivity index (χ2n) is 23.1. The molecule has 93 heavy (non-hydrogen) atoms. The Morgan fingerprint density at radius 1 is 0.677 bits per heavy atom. The largest absolute Gasteiger partial charge is 0.394 e. The number of nitrogens with zero attached hydrogens (tertiary/aromatic N) is 3. The number of halogens is 1. The molecule has 10 amide bonds. The minimum Gasteiger partial charge on any atom is -0.394 e. The fraction of sp³-hybridized carbons (Fsp3) is 0.476. The van der Waals surface area contributed by atoms with Gasteiger partial charge in [0.15, 0.2) is 0 Å². The van der Waals surface area contributed by atoms with Crippen LogP contribution >= 0.6 is 11.8 Å². The number of unbranched alkanes of at least 4 members (excludes halogenated alkanes) is 1. The molecule has 2 saturated heterocycles. The number of H-pyrrole nitrogens is 2. The van der Waals surface area contributed by atoms with E-state index in [1.54, 1.807) is 24.5 Å². The van der Waals surface area contributed by atoms with Crippen molar-refractivity contribution < 1.29 is 66.9 Å². The van der Waals surface area contributed by atoms with Gasteiger partial charge in [-0.15, -0.1) is 5.10 Å². The van der Waals surface area contributed by atoms with Gasteiger partial charge in [0.05, 0.1) is 57.4 Å². The molecule has 0 spiro atoms. The number of amides is 10. The number of hydrogen-bond acceptors (Lipinski definition) is 16. The summed E-state index contributed by atoms with van der Waals surface area (Å²) in [5.74, 6) is -5.73. The number of urea groups is 1. The van der Waals surface area contributed by atoms with Crippen LogP contribution in [0.2, 0.25) is 0 Å². The lowest BCUT2D eigenvalue weighted by Crippen LogP contribution is -2.61. The summed E-state index contributed by atoms with van der Waals surface area (Å²) in [6.45, 7) is -0.109. The summed E-state index contributed by atoms with van der Waals surface area (Å²) >= 11 is 1.85. The van der Waals surface area contributed by atoms with Gasteiger partial charge in [-0.3, -0.25) is 43.0 Å². The molecule has 2 bridgehead atoms. The monoisotopic (exact) mass is 1310 g/mol. The van der Waals surface area contributed by atoms with Crippen molar-refractivity contribution in [3.63, 3.8) is 0 Å². The number of carbonyl (C=O) groups is 9. The number of ether oxygens (including phenoxy) is 3. The Morgan fingerprint density at radius 2 is 1.28 bits per heavy atom. The summed E-state index contributed by atoms with van der Waals surface area (Å²) in [6.07, 6.45) is 7.84. The SMILES string of the molecule is NC(=O)[C@@H]1CCCCn2cc(nn2)C[C@H](NC(=O)COCCOCCOCCNC(=O)CCCC[C@@H]2SC[C@@H]3NC(=O)N[C@@H]32)C(=O)N[C@H](CO)C(=O)N[C@H](Cc2c[nH]c3ccccc23)C(=O)N[C@H](Cc2c[nH]c3ccccc23)C(=O)N[C@@H](Cc2ccc(F)cc2)C(=O)N1. The van der Waals surface area contributed by atoms with Crippen LogP contribution in [0.5, 0.6) is 0 Å². The number of aromatic nitrogens is 5. The highest BCUT2D eigenvalue weighted by molar-refractivity contribution is 8.00. The third-order valence-electron chi connectivity index (χ3n) is 16.3. The van der Waals surface area contributed by atoms with Crippen LogP contribution in [0, 0.1) is 5.82 Å². The number of benzene rings is 3. The number of nitrogens with two attached hydrogens (primary N) is 1. The minimum atomic E-state index is -1.71. The van der Waals surface area contributed by atoms with Gasteiger partial charge in [0, 0.05) is 96.6 Å². The number of rotatable bonds is 25. The van der Waals surface area contributed by atoms with Gasteiger partial charge in [-0.05, 0) is 73.1 Å². The number of fused-ring (bicyclic) bond motifs is 5. The first-order chi connectivity index (χ1) is 45.1. The van der Waals surface area contributed by atoms with E-state index in [0.717, 1.165) is 35.9 Å². The van der Waals surface area contributed by atoms with Crippen LogP contribution in [-0.2, 0) is 84.8 Å². The predicted octanol–water partition coefficient (Wildman–Crippen LogP) is 0.112. The van der Waals surface area contributed by atoms with Crippen LogP contribution in [0.25, 0.3) is 21.8 Å². The normalized spacial score (nSPS) is 22.7. The molecule has 30 heteroatoms. The van der Waals surface area contributed by atoms with E-state index in [1.165, 1.54) is 35.1 Å². The Kier molecular flexibility index (Phi) is 25.1. The highest BCUT2D eigenvalue weighted by Gasteiger charge is 2.43. The molecule has 0 aliphatic carbocycles. The fourth-order valence-corrected chi connectivity index (χ4v) is 13.0. The Labute approximate surface area is 539 Å². The van der Waals surface area contributed by atoms with Crippen LogP contribution in [0.4, 0.5) is 9.18 Å². The Hall–Kier alpha value is -8.97. The Morgan fingerprint density at radius 3 is 1.94 bits per heavy atom. The number of aryl methyl sites for hydroxylation is 1. The predicted molar refractivity (Wildman–Crippen MR) is 339 cm³/mol. The molecule has 3 aromatic heterocycles. The molecule has 3 aliphatic heterocycles. The molecule has 9 atom stereocenters. The van der Waals surface area contributed by atoms with E-state index in [-0.39, 0.29) is 101 Å². The van der Waals surface area contributed by atoms with Gasteiger partial charge >= 0.3 is 6.03 Å². The number of thioether (sulfide) groups is 1. The van der Waals surface area contributed by atoms with Crippen molar-refractivity contribution in [3.05, 3.63) is 120 Å². The maximum Gasteiger partial charge on any atom is 0.315 e. The summed E-state index contributed by atoms with van der Waals surface area (Å²) in [5.41, 5.74) is 9.15. The maximum absolute atomic E-state index is 15.0. The van der Waals surface area contributed by atoms with E-state index in [9.17, 15) is 47.9 Å². The summed E-state index contributed by atoms with van der Waals surface area (Å²) in [6, 6.07) is 11.3. The molecule has 3 aromatic carbocycles. The number of aliphatic hydroxyl groups excluding tert-OH is 1. The van der Waals surface area contributed by atoms with Gasteiger partial charge in [0.25, 0.3) is 0 Å². The van der Waals surface area contributed by atoms with Gasteiger partial charge in [-0.25, -0.2) is 9.18 Å². The van der Waals surface area contributed by atoms with Crippen molar-refractivity contribution in [3.8, 4) is 0 Å². The third kappa shape index (κ3) is 20.0. The van der Waals surface area contributed by atoms with Crippen molar-refractivity contribution >= 4 is 86.9 Å². The van der Waals surface area contributed by atoms with Crippen molar-refractivity contribution in [2.75, 3.05) is 58.5 Å². The van der Waals surface area contributed by atoms with Gasteiger partial charge in [-0.1, -0.05) is 60.2 Å². The van der Waals surface area contributed by atoms with E-state index < -0.39 is 96.6 Å². The standard InChI is InChI=1S/C63H80FN15O13S/c64-40-18-16-37(17-19-40)27-47-58(84)70-46(57(65)83)13-7-8-21-79-33-41(77-78-79)30-50(69-55(82)35-92-26-25-91-24-23-90-22-20-66-54(81)15-6-5-14-53-56-52(36-93-53)75-63(89)76-56)61(87)74-51(34-80)62(88)73-49(29-39-32-68-45-12-4-2-10-43(39)45)60(86)72-48(59(85)71-47)28-38-31-67-44-11-3-1-9-42(38)44/h1-4,9-12,16-19,31-33,46-53,56,67-68,80H,5-8,13-15,20-30,34-36H2,(H2,65,83)(H,66,81)(H,69,82)(H,70,84)(H,71,85)(H,72,86)(H,73,88)(H,74,87)(H2,75,76,89)/t46-,47-,48+,49+,50-,51+,52-,53-,56-/m0/s1. The second-order valence-corrected chi connectivity index (χ2v) is 24.4. The Balaban J connectivity index is 0.847. The average molecular weight is 1310 g/mol. The molecule has 6 heterocycles. The van der Waals surface area contributed by atoms with E-state index in [0.29, 0.717) is 58.7 Å². The first-order valence-corrected chi connectivity index (χ1v) is 32.3. The molecule has 9 rings (SSSR count). The zero-order chi connectivity index (χ0) is 65.6. The number of para-hydroxylation sites is 2. The number of carbonyl (C=O) groups excluding carboxylic acids is 9. The summed E-state index contributed by atoms with van der Waals surface area (Å²) in [4.78, 5) is 130. The van der Waals surface area contributed by atoms with Crippen molar-refractivity contribution in [2.24, 2.45) is 5.73 Å². The highest BCUT2D eigenvalue weighted by atomic mass is 32.2. The van der Waals surface area contributed by atoms with Crippen molar-refractivity contribution in [2.45, 2.75) is 131 Å². The lowest BCUT2D eigenvalue weighted by atomic mass is 10.00. The van der Waals surface area contributed by atoms with Crippen molar-refractivity contribution in [1.29, 1.82) is 0 Å². The molecule has 0 radical (unpaired) electrons. The van der Waals surface area contributed by atoms with Gasteiger partial charge in [0.1, 0.15) is 48.7 Å². The van der Waals surface area contributed by atoms with Gasteiger partial charge < -0.3 is 82.9 Å². The van der Waals surface area contributed by atoms with Gasteiger partial charge in [-0.2, -0.15) is 11.8 Å². The first-order valence-electron chi connectivity index (χ1n) is 31.2. The molecule has 14 N–H and O–H groups in total. The smallest absolute Gasteiger partial charge is 0.315 e. The third-order valence-corrected chi connectivity index (χ3v) is 17.8. The quantitative estimate of drug-likeness (QED) is 0.0267. The lowest BCUT2D eigenvalue weighted by molar-refractivity contribution is -0.136. The average Bonchev–Trinajstić information content (AvgIpc) is 1.75. The lowest BCUT2D eigenvalue weighted by Gasteiger charge is -2.27. The van der Waals surface area contributed by atoms with Crippen molar-refractivity contribution in [1.82, 2.24) is 72.8 Å². The number of aliphatic hydroxyl groups is 1. The molecule has 498 valence electrons. The zero-order valence-electron chi connectivity index (χ0n) is 51.3. The van der Waals surface area contributed by atoms with Gasteiger partial charge in [0.2, 0.25) is 47.3 Å². The van der Waals surface area contributed by atoms with E-state index in [1.807, 2.05) is 48.2 Å². The number of primary amides is 1. The molecule has 28 nitrogen and oxygen atoms in total. The summed E-state index contributed by atoms with van der Waals surface area (Å²) in [7, 11) is 0. The van der Waals surface area contributed by atoms with Crippen LogP contribution in [0.15, 0.2) is 91.4 Å². The number of aromatic amines is 2. The zero-order valence-corrected chi connectivity index (χ0v) is 52.1. The molecule has 0 unspecified atom stereocenters. The molecule has 2 fully saturated rings. The molecule has 0 saturated carbocycles. The van der Waals surface area contributed by atoms with E-state index in [4.69, 9.17) is 19.9 Å². The Bertz CT molecular complexity index is 3550. The first kappa shape index (κ1) is 68.4. The van der Waals surface area contributed by atoms with Crippen LogP contribution in [0.1, 0.15) is 67.3 Å². The van der Waals surface area contributed by atoms with Crippen LogP contribution in [-0.4, -0.2) is 195 Å². The van der Waals surface area contributed by atoms with E-state index in [2.05, 4.69) is 68.1 Å². The topological polar surface area (TPSA) is 398 Å². The number of hydrogen-bond donors (Lipinski definition) is 13.